The first-order valence-electron chi connectivity index (χ1n) is 6.59. The molecule has 0 radical (unpaired) electrons. The number of rotatable bonds is 3. The molecule has 1 aromatic carbocycles. The normalized spacial score (nSPS) is 17.6. The number of pyridine rings is 1. The molecule has 1 amide bonds. The molecule has 1 aliphatic rings. The van der Waals surface area contributed by atoms with Gasteiger partial charge in [0, 0.05) is 12.4 Å². The number of benzene rings is 1. The first-order valence-corrected chi connectivity index (χ1v) is 6.59. The van der Waals surface area contributed by atoms with E-state index in [0.29, 0.717) is 11.4 Å². The van der Waals surface area contributed by atoms with Gasteiger partial charge in [0.2, 0.25) is 0 Å². The van der Waals surface area contributed by atoms with Gasteiger partial charge in [-0.15, -0.1) is 13.2 Å². The van der Waals surface area contributed by atoms with Gasteiger partial charge in [-0.3, -0.25) is 4.79 Å². The van der Waals surface area contributed by atoms with Crippen LogP contribution < -0.4 is 9.75 Å². The highest BCUT2D eigenvalue weighted by atomic mass is 19.4. The van der Waals surface area contributed by atoms with Crippen molar-refractivity contribution in [1.29, 1.82) is 0 Å². The second kappa shape index (κ2) is 5.71. The van der Waals surface area contributed by atoms with Gasteiger partial charge in [0.1, 0.15) is 11.7 Å². The van der Waals surface area contributed by atoms with Crippen molar-refractivity contribution in [3.8, 4) is 5.75 Å². The van der Waals surface area contributed by atoms with Crippen molar-refractivity contribution >= 4 is 17.9 Å². The number of carbonyl (C=O) groups is 1. The molecule has 1 aliphatic heterocycles. The average molecular weight is 321 g/mol. The monoisotopic (exact) mass is 321 g/mol. The highest BCUT2D eigenvalue weighted by Crippen LogP contribution is 2.29. The Morgan fingerprint density at radius 1 is 1.13 bits per heavy atom. The molecule has 0 aliphatic carbocycles. The van der Waals surface area contributed by atoms with Gasteiger partial charge in [-0.1, -0.05) is 18.2 Å². The summed E-state index contributed by atoms with van der Waals surface area (Å²) in [5, 5.41) is 5.10. The summed E-state index contributed by atoms with van der Waals surface area (Å²) in [5.74, 6) is -1.21. The summed E-state index contributed by atoms with van der Waals surface area (Å²) in [6.45, 7) is 0. The molecular formula is C15H10F3N3O2. The van der Waals surface area contributed by atoms with Gasteiger partial charge in [-0.05, 0) is 29.8 Å². The molecule has 1 aromatic heterocycles. The maximum atomic E-state index is 12.4. The van der Waals surface area contributed by atoms with E-state index in [2.05, 4.69) is 14.8 Å². The molecule has 0 fully saturated rings. The number of alkyl halides is 3. The molecule has 0 saturated carbocycles. The number of ether oxygens (including phenoxy) is 1. The lowest BCUT2D eigenvalue weighted by atomic mass is 10.00. The quantitative estimate of drug-likeness (QED) is 0.873. The molecule has 2 heterocycles. The van der Waals surface area contributed by atoms with Gasteiger partial charge in [-0.25, -0.2) is 4.98 Å². The number of amides is 1. The number of nitrogens with zero attached hydrogens (tertiary/aromatic N) is 3. The fraction of sp³-hybridized carbons (Fsp3) is 0.133. The van der Waals surface area contributed by atoms with Crippen LogP contribution in [-0.2, 0) is 4.79 Å². The van der Waals surface area contributed by atoms with E-state index in [9.17, 15) is 18.0 Å². The van der Waals surface area contributed by atoms with Gasteiger partial charge in [-0.2, -0.15) is 10.1 Å². The van der Waals surface area contributed by atoms with Crippen molar-refractivity contribution < 1.29 is 22.7 Å². The highest BCUT2D eigenvalue weighted by Gasteiger charge is 2.34. The van der Waals surface area contributed by atoms with Crippen molar-refractivity contribution in [3.63, 3.8) is 0 Å². The van der Waals surface area contributed by atoms with E-state index >= 15 is 0 Å². The van der Waals surface area contributed by atoms with Crippen LogP contribution in [-0.4, -0.2) is 23.5 Å². The molecule has 1 unspecified atom stereocenters. The summed E-state index contributed by atoms with van der Waals surface area (Å²) in [7, 11) is 0. The maximum Gasteiger partial charge on any atom is 0.573 e. The van der Waals surface area contributed by atoms with Gasteiger partial charge >= 0.3 is 6.36 Å². The molecule has 1 atom stereocenters. The molecule has 2 aromatic rings. The Morgan fingerprint density at radius 3 is 2.65 bits per heavy atom. The lowest BCUT2D eigenvalue weighted by Crippen LogP contribution is -2.25. The van der Waals surface area contributed by atoms with E-state index in [0.717, 1.165) is 5.01 Å². The van der Waals surface area contributed by atoms with Gasteiger partial charge < -0.3 is 4.74 Å². The van der Waals surface area contributed by atoms with Crippen LogP contribution in [0.5, 0.6) is 5.75 Å². The van der Waals surface area contributed by atoms with Crippen molar-refractivity contribution in [3.05, 3.63) is 54.2 Å². The van der Waals surface area contributed by atoms with Gasteiger partial charge in [0.25, 0.3) is 5.91 Å². The van der Waals surface area contributed by atoms with Crippen molar-refractivity contribution in [2.75, 3.05) is 5.01 Å². The number of aromatic nitrogens is 1. The molecule has 0 spiro atoms. The average Bonchev–Trinajstić information content (AvgIpc) is 2.88. The Labute approximate surface area is 129 Å². The zero-order valence-electron chi connectivity index (χ0n) is 11.6. The number of hydrazone groups is 1. The van der Waals surface area contributed by atoms with E-state index in [-0.39, 0.29) is 5.75 Å². The van der Waals surface area contributed by atoms with Crippen LogP contribution in [0, 0.1) is 0 Å². The number of anilines is 1. The minimum absolute atomic E-state index is 0.346. The zero-order chi connectivity index (χ0) is 16.4. The molecule has 5 nitrogen and oxygen atoms in total. The maximum absolute atomic E-state index is 12.4. The second-order valence-electron chi connectivity index (χ2n) is 4.70. The summed E-state index contributed by atoms with van der Waals surface area (Å²) < 4.78 is 40.7. The molecule has 0 bridgehead atoms. The fourth-order valence-corrected chi connectivity index (χ4v) is 2.17. The van der Waals surface area contributed by atoms with Crippen molar-refractivity contribution in [2.45, 2.75) is 12.3 Å². The Balaban J connectivity index is 1.83. The lowest BCUT2D eigenvalue weighted by molar-refractivity contribution is -0.274. The van der Waals surface area contributed by atoms with E-state index in [4.69, 9.17) is 0 Å². The third kappa shape index (κ3) is 3.31. The molecular weight excluding hydrogens is 311 g/mol. The zero-order valence-corrected chi connectivity index (χ0v) is 11.6. The summed E-state index contributed by atoms with van der Waals surface area (Å²) in [6.07, 6.45) is -1.90. The number of hydrogen-bond acceptors (Lipinski definition) is 4. The first kappa shape index (κ1) is 15.0. The van der Waals surface area contributed by atoms with Gasteiger partial charge in [0.15, 0.2) is 5.82 Å². The number of hydrogen-bond donors (Lipinski definition) is 0. The van der Waals surface area contributed by atoms with Crippen molar-refractivity contribution in [2.24, 2.45) is 5.10 Å². The Bertz CT molecular complexity index is 747. The van der Waals surface area contributed by atoms with E-state index < -0.39 is 18.2 Å². The Hall–Kier alpha value is -2.90. The van der Waals surface area contributed by atoms with E-state index in [1.165, 1.54) is 30.6 Å². The summed E-state index contributed by atoms with van der Waals surface area (Å²) >= 11 is 0. The van der Waals surface area contributed by atoms with Crippen LogP contribution in [0.1, 0.15) is 11.5 Å². The third-order valence-corrected chi connectivity index (χ3v) is 3.12. The lowest BCUT2D eigenvalue weighted by Gasteiger charge is -2.14. The van der Waals surface area contributed by atoms with Gasteiger partial charge in [0.05, 0.1) is 0 Å². The third-order valence-electron chi connectivity index (χ3n) is 3.12. The van der Waals surface area contributed by atoms with Crippen LogP contribution in [0.2, 0.25) is 0 Å². The summed E-state index contributed by atoms with van der Waals surface area (Å²) in [5.41, 5.74) is 0.360. The summed E-state index contributed by atoms with van der Waals surface area (Å²) in [4.78, 5) is 16.4. The number of carbonyl (C=O) groups excluding carboxylic acids is 1. The SMILES string of the molecule is O=C1C(c2cccc(OC(F)(F)F)c2)C=NN1c1ccccn1. The minimum atomic E-state index is -4.79. The van der Waals surface area contributed by atoms with E-state index in [1.54, 1.807) is 24.3 Å². The largest absolute Gasteiger partial charge is 0.573 e. The topological polar surface area (TPSA) is 54.8 Å². The van der Waals surface area contributed by atoms with Crippen LogP contribution in [0.15, 0.2) is 53.8 Å². The standard InChI is InChI=1S/C15H10F3N3O2/c16-15(17,18)23-11-5-3-4-10(8-11)12-9-20-21(14(12)22)13-6-1-2-7-19-13/h1-9,12H. The Morgan fingerprint density at radius 2 is 1.96 bits per heavy atom. The Kier molecular flexibility index (Phi) is 3.73. The van der Waals surface area contributed by atoms with Crippen LogP contribution in [0.3, 0.4) is 0 Å². The number of halogens is 3. The minimum Gasteiger partial charge on any atom is -0.406 e. The first-order chi connectivity index (χ1) is 10.9. The van der Waals surface area contributed by atoms with Crippen LogP contribution >= 0.6 is 0 Å². The fourth-order valence-electron chi connectivity index (χ4n) is 2.17. The molecule has 0 N–H and O–H groups in total. The predicted molar refractivity (Wildman–Crippen MR) is 76.1 cm³/mol. The van der Waals surface area contributed by atoms with Crippen LogP contribution in [0.25, 0.3) is 0 Å². The summed E-state index contributed by atoms with van der Waals surface area (Å²) in [6, 6.07) is 10.3. The second-order valence-corrected chi connectivity index (χ2v) is 4.70. The molecule has 3 rings (SSSR count). The van der Waals surface area contributed by atoms with Crippen LogP contribution in [0.4, 0.5) is 19.0 Å². The molecule has 23 heavy (non-hydrogen) atoms. The molecule has 118 valence electrons. The highest BCUT2D eigenvalue weighted by molar-refractivity contribution is 6.11. The molecule has 8 heteroatoms. The predicted octanol–water partition coefficient (Wildman–Crippen LogP) is 3.10. The smallest absolute Gasteiger partial charge is 0.406 e. The molecule has 0 saturated heterocycles. The van der Waals surface area contributed by atoms with E-state index in [1.807, 2.05) is 0 Å². The van der Waals surface area contributed by atoms with Crippen molar-refractivity contribution in [1.82, 2.24) is 4.98 Å².